The monoisotopic (exact) mass is 1140 g/mol. The second-order valence-electron chi connectivity index (χ2n) is 21.7. The Morgan fingerprint density at radius 3 is 2.21 bits per heavy atom. The Morgan fingerprint density at radius 1 is 0.765 bits per heavy atom. The fourth-order valence-electron chi connectivity index (χ4n) is 11.8. The van der Waals surface area contributed by atoms with E-state index in [-0.39, 0.29) is 29.6 Å². The summed E-state index contributed by atoms with van der Waals surface area (Å²) in [7, 11) is 5.57. The maximum absolute atomic E-state index is 15.4. The SMILES string of the molecule is COc1cc(-c2nn(-c3ccc(N4CCN(C)CC4)nc3)c3ncnc(N)c23)ccc1NC(=O)c1cc2ccccc2n1C.Cc1ccc2oc(Nc3ccc(-c4nn(C5CCC(N6CCNC(=O)C6)CC5)c5ncnc(N)c45)cc3F)nc2c1. The molecule has 0 unspecified atom stereocenters. The number of hydrogen-bond donors (Lipinski definition) is 5. The van der Waals surface area contributed by atoms with Gasteiger partial charge < -0.3 is 50.9 Å². The van der Waals surface area contributed by atoms with Crippen molar-refractivity contribution in [2.24, 2.45) is 7.05 Å². The van der Waals surface area contributed by atoms with Gasteiger partial charge in [0.05, 0.1) is 53.7 Å². The Balaban J connectivity index is 0.000000159. The molecule has 85 heavy (non-hydrogen) atoms. The van der Waals surface area contributed by atoms with Crippen molar-refractivity contribution < 1.29 is 23.1 Å². The number of carbonyl (C=O) groups is 2. The highest BCUT2D eigenvalue weighted by atomic mass is 19.1. The number of aromatic nitrogens is 11. The Labute approximate surface area is 486 Å². The molecule has 9 heterocycles. The molecule has 0 atom stereocenters. The smallest absolute Gasteiger partial charge is 0.300 e. The van der Waals surface area contributed by atoms with E-state index in [2.05, 4.69) is 62.6 Å². The molecule has 23 nitrogen and oxygen atoms in total. The van der Waals surface area contributed by atoms with Crippen LogP contribution in [0.25, 0.3) is 72.3 Å². The molecule has 2 amide bonds. The van der Waals surface area contributed by atoms with Crippen LogP contribution in [0.3, 0.4) is 0 Å². The van der Waals surface area contributed by atoms with E-state index in [1.807, 2.05) is 96.0 Å². The van der Waals surface area contributed by atoms with Crippen molar-refractivity contribution in [1.29, 1.82) is 0 Å². The summed E-state index contributed by atoms with van der Waals surface area (Å²) in [6.45, 7) is 7.87. The number of halogens is 1. The minimum atomic E-state index is -0.481. The second-order valence-corrected chi connectivity index (χ2v) is 21.7. The lowest BCUT2D eigenvalue weighted by molar-refractivity contribution is -0.125. The topological polar surface area (TPSA) is 272 Å². The highest BCUT2D eigenvalue weighted by Crippen LogP contribution is 2.40. The van der Waals surface area contributed by atoms with Crippen LogP contribution in [0.4, 0.5) is 39.2 Å². The number of nitrogen functional groups attached to an aromatic ring is 2. The van der Waals surface area contributed by atoms with E-state index in [1.54, 1.807) is 36.2 Å². The highest BCUT2D eigenvalue weighted by Gasteiger charge is 2.32. The van der Waals surface area contributed by atoms with Crippen molar-refractivity contribution in [1.82, 2.24) is 69.1 Å². The molecule has 3 aliphatic rings. The number of nitrogens with one attached hydrogen (secondary N) is 3. The Morgan fingerprint density at radius 2 is 1.48 bits per heavy atom. The van der Waals surface area contributed by atoms with Gasteiger partial charge in [0, 0.05) is 74.4 Å². The number of methoxy groups -OCH3 is 1. The van der Waals surface area contributed by atoms with Crippen LogP contribution in [0.15, 0.2) is 120 Å². The van der Waals surface area contributed by atoms with Gasteiger partial charge in [-0.2, -0.15) is 15.2 Å². The van der Waals surface area contributed by atoms with E-state index in [9.17, 15) is 9.59 Å². The lowest BCUT2D eigenvalue weighted by Gasteiger charge is -2.38. The molecule has 3 fully saturated rings. The predicted octanol–water partition coefficient (Wildman–Crippen LogP) is 8.29. The zero-order chi connectivity index (χ0) is 58.5. The first-order valence-electron chi connectivity index (χ1n) is 28.2. The summed E-state index contributed by atoms with van der Waals surface area (Å²) in [5, 5.41) is 20.9. The number of hydrogen-bond acceptors (Lipinski definition) is 18. The number of rotatable bonds is 11. The molecule has 2 saturated heterocycles. The summed E-state index contributed by atoms with van der Waals surface area (Å²) in [6, 6.07) is 30.5. The molecule has 14 rings (SSSR count). The maximum atomic E-state index is 15.4. The van der Waals surface area contributed by atoms with Gasteiger partial charge in [-0.3, -0.25) is 14.5 Å². The van der Waals surface area contributed by atoms with Crippen molar-refractivity contribution >= 4 is 90.7 Å². The van der Waals surface area contributed by atoms with Gasteiger partial charge in [-0.25, -0.2) is 38.7 Å². The predicted molar refractivity (Wildman–Crippen MR) is 324 cm³/mol. The first-order chi connectivity index (χ1) is 41.3. The largest absolute Gasteiger partial charge is 0.495 e. The molecule has 7 N–H and O–H groups in total. The van der Waals surface area contributed by atoms with Crippen molar-refractivity contribution in [2.45, 2.75) is 44.7 Å². The van der Waals surface area contributed by atoms with Crippen LogP contribution in [0.1, 0.15) is 47.8 Å². The van der Waals surface area contributed by atoms with Gasteiger partial charge in [0.15, 0.2) is 16.9 Å². The van der Waals surface area contributed by atoms with Crippen molar-refractivity contribution in [2.75, 3.05) is 87.0 Å². The van der Waals surface area contributed by atoms with Crippen LogP contribution in [0, 0.1) is 12.7 Å². The number of para-hydroxylation sites is 1. The fraction of sp³-hybridized carbons (Fsp3) is 0.279. The number of fused-ring (bicyclic) bond motifs is 4. The summed E-state index contributed by atoms with van der Waals surface area (Å²) < 4.78 is 32.4. The molecule has 1 aliphatic carbocycles. The maximum Gasteiger partial charge on any atom is 0.300 e. The number of aryl methyl sites for hydroxylation is 2. The molecule has 0 bridgehead atoms. The number of carbonyl (C=O) groups excluding carboxylic acids is 2. The minimum absolute atomic E-state index is 0.0886. The Kier molecular flexibility index (Phi) is 14.4. The van der Waals surface area contributed by atoms with Gasteiger partial charge in [-0.15, -0.1) is 0 Å². The van der Waals surface area contributed by atoms with Gasteiger partial charge in [-0.05, 0) is 106 Å². The van der Waals surface area contributed by atoms with E-state index in [1.165, 1.54) is 18.7 Å². The molecule has 1 saturated carbocycles. The third-order valence-electron chi connectivity index (χ3n) is 16.3. The number of piperazine rings is 2. The number of nitrogens with zero attached hydrogens (tertiary/aromatic N) is 14. The highest BCUT2D eigenvalue weighted by molar-refractivity contribution is 6.07. The fourth-order valence-corrected chi connectivity index (χ4v) is 11.8. The molecule has 0 spiro atoms. The van der Waals surface area contributed by atoms with Crippen LogP contribution in [-0.2, 0) is 11.8 Å². The number of ether oxygens (including phenoxy) is 1. The van der Waals surface area contributed by atoms with E-state index in [0.717, 1.165) is 91.9 Å². The number of anilines is 6. The zero-order valence-corrected chi connectivity index (χ0v) is 47.3. The normalized spacial score (nSPS) is 16.9. The third kappa shape index (κ3) is 10.6. The zero-order valence-electron chi connectivity index (χ0n) is 47.3. The van der Waals surface area contributed by atoms with Gasteiger partial charge in [0.2, 0.25) is 5.91 Å². The molecule has 7 aromatic heterocycles. The van der Waals surface area contributed by atoms with Gasteiger partial charge >= 0.3 is 0 Å². The quantitative estimate of drug-likeness (QED) is 0.0815. The van der Waals surface area contributed by atoms with Gasteiger partial charge in [0.1, 0.15) is 64.3 Å². The van der Waals surface area contributed by atoms with E-state index < -0.39 is 5.82 Å². The number of likely N-dealkylation sites (N-methyl/N-ethyl adjacent to an activating group) is 1. The number of amides is 2. The van der Waals surface area contributed by atoms with Crippen LogP contribution in [-0.4, -0.2) is 142 Å². The first kappa shape index (κ1) is 54.2. The molecule has 4 aromatic carbocycles. The molecule has 2 aliphatic heterocycles. The average molecular weight is 1140 g/mol. The van der Waals surface area contributed by atoms with E-state index >= 15 is 4.39 Å². The van der Waals surface area contributed by atoms with Crippen LogP contribution < -0.4 is 37.1 Å². The second kappa shape index (κ2) is 22.6. The number of nitrogens with two attached hydrogens (primary N) is 2. The van der Waals surface area contributed by atoms with Crippen molar-refractivity contribution in [3.63, 3.8) is 0 Å². The van der Waals surface area contributed by atoms with Crippen LogP contribution in [0.2, 0.25) is 0 Å². The summed E-state index contributed by atoms with van der Waals surface area (Å²) in [5.41, 5.74) is 21.7. The molecular weight excluding hydrogens is 1080 g/mol. The summed E-state index contributed by atoms with van der Waals surface area (Å²) in [4.78, 5) is 58.7. The Hall–Kier alpha value is -10.1. The summed E-state index contributed by atoms with van der Waals surface area (Å²) in [6.07, 6.45) is 8.37. The molecule has 432 valence electrons. The van der Waals surface area contributed by atoms with Gasteiger partial charge in [0.25, 0.3) is 11.9 Å². The summed E-state index contributed by atoms with van der Waals surface area (Å²) >= 11 is 0. The number of oxazole rings is 1. The standard InChI is InChI=1S/C32H32N10O2.C29H30FN9O2/c1-39-12-14-41(15-13-39)27-11-9-22(18-34-27)42-31-28(30(33)35-19-36-31)29(38-42)21-8-10-23(26(17-21)44-3)37-32(43)25-16-20-6-4-5-7-24(20)40(25)2;1-16-2-9-23-22(12-16)36-29(41-23)35-21-8-3-17(13-20(21)30)26-25-27(31)33-15-34-28(25)39(37-26)19-6-4-18(5-7-19)38-11-10-32-24(40)14-38/h4-11,16-19H,12-15H2,1-3H3,(H,37,43)(H2,33,35,36);2-3,8-9,12-13,15,18-19H,4-7,10-11,14H2,1H3,(H,32,40)(H,35,36)(H2,31,33,34). The van der Waals surface area contributed by atoms with E-state index in [4.69, 9.17) is 35.8 Å². The van der Waals surface area contributed by atoms with Gasteiger partial charge in [-0.1, -0.05) is 36.4 Å². The average Bonchev–Trinajstić information content (AvgIpc) is 2.49. The lowest BCUT2D eigenvalue weighted by Crippen LogP contribution is -2.52. The molecule has 24 heteroatoms. The minimum Gasteiger partial charge on any atom is -0.495 e. The van der Waals surface area contributed by atoms with Crippen molar-refractivity contribution in [3.05, 3.63) is 133 Å². The van der Waals surface area contributed by atoms with E-state index in [0.29, 0.717) is 98.0 Å². The third-order valence-corrected chi connectivity index (χ3v) is 16.3. The van der Waals surface area contributed by atoms with Crippen LogP contribution >= 0.6 is 0 Å². The number of benzene rings is 4. The molecule has 0 radical (unpaired) electrons. The van der Waals surface area contributed by atoms with Crippen LogP contribution in [0.5, 0.6) is 5.75 Å². The Bertz CT molecular complexity index is 4330. The van der Waals surface area contributed by atoms with Crippen molar-refractivity contribution in [3.8, 4) is 34.0 Å². The first-order valence-corrected chi connectivity index (χ1v) is 28.2. The molecular formula is C61H62FN19O4. The summed E-state index contributed by atoms with van der Waals surface area (Å²) in [5.74, 6) is 1.38. The molecule has 11 aromatic rings. The lowest BCUT2D eigenvalue weighted by atomic mass is 9.90. The number of pyridine rings is 1.